The first-order valence-electron chi connectivity index (χ1n) is 7.38. The summed E-state index contributed by atoms with van der Waals surface area (Å²) in [6.07, 6.45) is -6.26. The van der Waals surface area contributed by atoms with Crippen LogP contribution in [0.1, 0.15) is 17.3 Å². The number of ether oxygens (including phenoxy) is 2. The first-order valence-corrected chi connectivity index (χ1v) is 7.38. The Kier molecular flexibility index (Phi) is 5.98. The van der Waals surface area contributed by atoms with Crippen molar-refractivity contribution in [2.75, 3.05) is 5.32 Å². The van der Waals surface area contributed by atoms with E-state index in [1.54, 1.807) is 0 Å². The summed E-state index contributed by atoms with van der Waals surface area (Å²) in [6, 6.07) is 6.25. The normalized spacial score (nSPS) is 12.2. The van der Waals surface area contributed by atoms with Crippen LogP contribution in [0.2, 0.25) is 0 Å². The highest BCUT2D eigenvalue weighted by Crippen LogP contribution is 2.23. The van der Waals surface area contributed by atoms with Gasteiger partial charge in [-0.3, -0.25) is 4.79 Å². The van der Waals surface area contributed by atoms with Crippen LogP contribution in [0, 0.1) is 11.6 Å². The number of anilines is 1. The zero-order chi connectivity index (χ0) is 20.2. The second-order valence-electron chi connectivity index (χ2n) is 5.23. The van der Waals surface area contributed by atoms with E-state index >= 15 is 0 Å². The summed E-state index contributed by atoms with van der Waals surface area (Å²) < 4.78 is 71.3. The Hall–Kier alpha value is -3.17. The van der Waals surface area contributed by atoms with Crippen LogP contribution in [0.3, 0.4) is 0 Å². The molecule has 2 rings (SSSR count). The van der Waals surface area contributed by atoms with E-state index in [4.69, 9.17) is 4.74 Å². The molecule has 0 bridgehead atoms. The highest BCUT2D eigenvalue weighted by molar-refractivity contribution is 5.97. The van der Waals surface area contributed by atoms with Crippen LogP contribution < -0.4 is 10.1 Å². The zero-order valence-electron chi connectivity index (χ0n) is 13.6. The van der Waals surface area contributed by atoms with Crippen LogP contribution in [-0.4, -0.2) is 24.3 Å². The number of hydrogen-bond donors (Lipinski definition) is 1. The number of hydrogen-bond acceptors (Lipinski definition) is 4. The molecule has 1 N–H and O–H groups in total. The number of amides is 1. The van der Waals surface area contributed by atoms with Crippen molar-refractivity contribution >= 4 is 17.6 Å². The van der Waals surface area contributed by atoms with E-state index in [0.717, 1.165) is 42.5 Å². The molecule has 0 aliphatic carbocycles. The molecular weight excluding hydrogens is 377 g/mol. The molecule has 144 valence electrons. The van der Waals surface area contributed by atoms with Gasteiger partial charge in [-0.25, -0.2) is 13.6 Å². The van der Waals surface area contributed by atoms with Crippen LogP contribution in [0.5, 0.6) is 5.75 Å². The molecule has 0 heterocycles. The van der Waals surface area contributed by atoms with Gasteiger partial charge in [0.05, 0.1) is 11.3 Å². The highest BCUT2D eigenvalue weighted by Gasteiger charge is 2.31. The van der Waals surface area contributed by atoms with Crippen LogP contribution in [0.25, 0.3) is 0 Å². The monoisotopic (exact) mass is 389 g/mol. The average molecular weight is 389 g/mol. The number of halogens is 5. The third-order valence-corrected chi connectivity index (χ3v) is 3.16. The highest BCUT2D eigenvalue weighted by atomic mass is 19.4. The van der Waals surface area contributed by atoms with Crippen LogP contribution in [0.15, 0.2) is 42.5 Å². The fourth-order valence-corrected chi connectivity index (χ4v) is 1.90. The maximum Gasteiger partial charge on any atom is 0.573 e. The Balaban J connectivity index is 1.98. The largest absolute Gasteiger partial charge is 0.573 e. The lowest BCUT2D eigenvalue weighted by molar-refractivity contribution is -0.274. The van der Waals surface area contributed by atoms with Gasteiger partial charge in [-0.05, 0) is 43.3 Å². The first-order chi connectivity index (χ1) is 12.5. The molecule has 0 spiro atoms. The Morgan fingerprint density at radius 3 is 2.26 bits per heavy atom. The summed E-state index contributed by atoms with van der Waals surface area (Å²) in [4.78, 5) is 23.9. The van der Waals surface area contributed by atoms with Crippen molar-refractivity contribution in [3.8, 4) is 5.75 Å². The summed E-state index contributed by atoms with van der Waals surface area (Å²) in [5.41, 5.74) is -0.572. The minimum Gasteiger partial charge on any atom is -0.449 e. The lowest BCUT2D eigenvalue weighted by atomic mass is 10.2. The van der Waals surface area contributed by atoms with Crippen molar-refractivity contribution in [2.45, 2.75) is 19.4 Å². The van der Waals surface area contributed by atoms with Gasteiger partial charge in [0.15, 0.2) is 6.10 Å². The third-order valence-electron chi connectivity index (χ3n) is 3.16. The van der Waals surface area contributed by atoms with E-state index in [-0.39, 0.29) is 5.56 Å². The summed E-state index contributed by atoms with van der Waals surface area (Å²) in [6.45, 7) is 1.19. The number of benzene rings is 2. The quantitative estimate of drug-likeness (QED) is 0.619. The molecule has 27 heavy (non-hydrogen) atoms. The van der Waals surface area contributed by atoms with E-state index in [0.29, 0.717) is 0 Å². The van der Waals surface area contributed by atoms with Gasteiger partial charge in [0, 0.05) is 6.07 Å². The predicted octanol–water partition coefficient (Wildman–Crippen LogP) is 4.05. The van der Waals surface area contributed by atoms with Gasteiger partial charge in [-0.15, -0.1) is 13.2 Å². The van der Waals surface area contributed by atoms with Gasteiger partial charge < -0.3 is 14.8 Å². The fourth-order valence-electron chi connectivity index (χ4n) is 1.90. The molecule has 1 amide bonds. The van der Waals surface area contributed by atoms with Crippen molar-refractivity contribution in [1.82, 2.24) is 0 Å². The molecule has 0 aliphatic rings. The second-order valence-corrected chi connectivity index (χ2v) is 5.23. The summed E-state index contributed by atoms with van der Waals surface area (Å²) >= 11 is 0. The van der Waals surface area contributed by atoms with Gasteiger partial charge in [-0.2, -0.15) is 0 Å². The number of esters is 1. The van der Waals surface area contributed by atoms with Gasteiger partial charge in [0.2, 0.25) is 0 Å². The van der Waals surface area contributed by atoms with E-state index in [1.165, 1.54) is 6.92 Å². The Morgan fingerprint density at radius 2 is 1.67 bits per heavy atom. The van der Waals surface area contributed by atoms with Crippen molar-refractivity contribution in [1.29, 1.82) is 0 Å². The molecular formula is C17H12F5NO4. The van der Waals surface area contributed by atoms with Crippen molar-refractivity contribution in [3.63, 3.8) is 0 Å². The lowest BCUT2D eigenvalue weighted by Gasteiger charge is -2.14. The Labute approximate surface area is 149 Å². The summed E-state index contributed by atoms with van der Waals surface area (Å²) in [5.74, 6) is -4.13. The molecule has 5 nitrogen and oxygen atoms in total. The van der Waals surface area contributed by atoms with Crippen LogP contribution in [-0.2, 0) is 9.53 Å². The molecule has 0 saturated carbocycles. The van der Waals surface area contributed by atoms with Crippen molar-refractivity contribution < 1.29 is 41.0 Å². The number of carbonyl (C=O) groups is 2. The fraction of sp³-hybridized carbons (Fsp3) is 0.176. The lowest BCUT2D eigenvalue weighted by Crippen LogP contribution is -2.30. The smallest absolute Gasteiger partial charge is 0.449 e. The standard InChI is InChI=1S/C17H12F5NO4/c1-9(15(24)23-14-8-11(18)4-7-13(14)19)26-16(25)10-2-5-12(6-3-10)27-17(20,21)22/h2-9H,1H3,(H,23,24). The molecule has 1 atom stereocenters. The second kappa shape index (κ2) is 8.02. The van der Waals surface area contributed by atoms with Crippen LogP contribution in [0.4, 0.5) is 27.6 Å². The molecule has 10 heteroatoms. The summed E-state index contributed by atoms with van der Waals surface area (Å²) in [5, 5.41) is 2.07. The molecule has 2 aromatic rings. The van der Waals surface area contributed by atoms with Crippen molar-refractivity contribution in [3.05, 3.63) is 59.7 Å². The SMILES string of the molecule is CC(OC(=O)c1ccc(OC(F)(F)F)cc1)C(=O)Nc1cc(F)ccc1F. The molecule has 0 saturated heterocycles. The maximum absolute atomic E-state index is 13.5. The first kappa shape index (κ1) is 20.1. The van der Waals surface area contributed by atoms with Gasteiger partial charge in [-0.1, -0.05) is 0 Å². The van der Waals surface area contributed by atoms with Gasteiger partial charge in [0.1, 0.15) is 17.4 Å². The van der Waals surface area contributed by atoms with E-state index in [1.807, 2.05) is 0 Å². The molecule has 2 aromatic carbocycles. The minimum absolute atomic E-state index is 0.138. The minimum atomic E-state index is -4.87. The number of carbonyl (C=O) groups excluding carboxylic acids is 2. The topological polar surface area (TPSA) is 64.6 Å². The molecule has 0 fully saturated rings. The molecule has 0 aromatic heterocycles. The maximum atomic E-state index is 13.5. The third kappa shape index (κ3) is 5.94. The van der Waals surface area contributed by atoms with Crippen molar-refractivity contribution in [2.24, 2.45) is 0 Å². The Bertz CT molecular complexity index is 836. The number of nitrogens with one attached hydrogen (secondary N) is 1. The molecule has 1 unspecified atom stereocenters. The average Bonchev–Trinajstić information content (AvgIpc) is 2.57. The molecule has 0 aliphatic heterocycles. The predicted molar refractivity (Wildman–Crippen MR) is 83.0 cm³/mol. The zero-order valence-corrected chi connectivity index (χ0v) is 13.6. The van der Waals surface area contributed by atoms with E-state index in [2.05, 4.69) is 10.1 Å². The van der Waals surface area contributed by atoms with E-state index in [9.17, 15) is 31.5 Å². The van der Waals surface area contributed by atoms with Crippen LogP contribution >= 0.6 is 0 Å². The number of alkyl halides is 3. The van der Waals surface area contributed by atoms with Gasteiger partial charge >= 0.3 is 12.3 Å². The molecule has 0 radical (unpaired) electrons. The Morgan fingerprint density at radius 1 is 1.04 bits per heavy atom. The summed E-state index contributed by atoms with van der Waals surface area (Å²) in [7, 11) is 0. The van der Waals surface area contributed by atoms with E-state index < -0.39 is 47.4 Å². The van der Waals surface area contributed by atoms with Gasteiger partial charge in [0.25, 0.3) is 5.91 Å². The number of rotatable bonds is 5.